The number of hydrogen-bond acceptors (Lipinski definition) is 7. The van der Waals surface area contributed by atoms with Crippen molar-refractivity contribution in [2.24, 2.45) is 0 Å². The number of nitrogens with one attached hydrogen (secondary N) is 1. The minimum Gasteiger partial charge on any atom is -0.295 e. The van der Waals surface area contributed by atoms with Crippen LogP contribution in [0.2, 0.25) is 0 Å². The number of thiophene rings is 1. The highest BCUT2D eigenvalue weighted by atomic mass is 32.2. The SMILES string of the molecule is CSc1sc(NC(=O)c2nc(-c3cccs3)n(-c3cccc(F)c3)n2)nc1C. The first kappa shape index (κ1) is 18.8. The first-order valence-electron chi connectivity index (χ1n) is 8.15. The molecule has 0 aliphatic heterocycles. The monoisotopic (exact) mass is 431 g/mol. The molecule has 0 bridgehead atoms. The van der Waals surface area contributed by atoms with E-state index in [4.69, 9.17) is 0 Å². The number of benzene rings is 1. The number of aryl methyl sites for hydroxylation is 1. The Morgan fingerprint density at radius 3 is 2.79 bits per heavy atom. The van der Waals surface area contributed by atoms with E-state index >= 15 is 0 Å². The second kappa shape index (κ2) is 7.82. The van der Waals surface area contributed by atoms with Gasteiger partial charge in [0.15, 0.2) is 11.0 Å². The molecule has 10 heteroatoms. The normalized spacial score (nSPS) is 11.0. The van der Waals surface area contributed by atoms with Crippen molar-refractivity contribution in [3.8, 4) is 16.4 Å². The lowest BCUT2D eigenvalue weighted by Gasteiger charge is -2.04. The van der Waals surface area contributed by atoms with Crippen LogP contribution in [0, 0.1) is 12.7 Å². The number of carbonyl (C=O) groups is 1. The Labute approximate surface area is 172 Å². The lowest BCUT2D eigenvalue weighted by molar-refractivity contribution is 0.101. The van der Waals surface area contributed by atoms with E-state index in [0.717, 1.165) is 14.8 Å². The number of aromatic nitrogens is 4. The fourth-order valence-electron chi connectivity index (χ4n) is 2.54. The molecule has 1 aromatic carbocycles. The van der Waals surface area contributed by atoms with E-state index in [2.05, 4.69) is 20.4 Å². The van der Waals surface area contributed by atoms with Gasteiger partial charge in [-0.1, -0.05) is 23.5 Å². The van der Waals surface area contributed by atoms with Crippen molar-refractivity contribution < 1.29 is 9.18 Å². The van der Waals surface area contributed by atoms with Gasteiger partial charge in [-0.25, -0.2) is 19.0 Å². The molecule has 0 atom stereocenters. The zero-order chi connectivity index (χ0) is 19.7. The number of rotatable bonds is 5. The number of thiazole rings is 1. The molecule has 1 N–H and O–H groups in total. The number of carbonyl (C=O) groups excluding carboxylic acids is 1. The number of halogens is 1. The molecule has 3 aromatic heterocycles. The van der Waals surface area contributed by atoms with Crippen molar-refractivity contribution in [3.63, 3.8) is 0 Å². The molecule has 142 valence electrons. The van der Waals surface area contributed by atoms with Crippen LogP contribution in [0.5, 0.6) is 0 Å². The second-order valence-electron chi connectivity index (χ2n) is 5.68. The number of nitrogens with zero attached hydrogens (tertiary/aromatic N) is 4. The van der Waals surface area contributed by atoms with E-state index in [0.29, 0.717) is 16.6 Å². The Kier molecular flexibility index (Phi) is 5.25. The average Bonchev–Trinajstić information content (AvgIpc) is 3.40. The quantitative estimate of drug-likeness (QED) is 0.456. The van der Waals surface area contributed by atoms with Crippen LogP contribution in [-0.4, -0.2) is 31.9 Å². The predicted octanol–water partition coefficient (Wildman–Crippen LogP) is 4.87. The Morgan fingerprint density at radius 1 is 1.25 bits per heavy atom. The predicted molar refractivity (Wildman–Crippen MR) is 111 cm³/mol. The molecule has 1 amide bonds. The van der Waals surface area contributed by atoms with E-state index in [1.807, 2.05) is 30.7 Å². The molecule has 0 fully saturated rings. The van der Waals surface area contributed by atoms with Crippen molar-refractivity contribution in [1.29, 1.82) is 0 Å². The molecule has 0 aliphatic carbocycles. The van der Waals surface area contributed by atoms with Crippen molar-refractivity contribution in [3.05, 3.63) is 59.1 Å². The molecule has 4 aromatic rings. The van der Waals surface area contributed by atoms with Gasteiger partial charge in [0.05, 0.1) is 20.5 Å². The fraction of sp³-hybridized carbons (Fsp3) is 0.111. The first-order chi connectivity index (χ1) is 13.5. The zero-order valence-corrected chi connectivity index (χ0v) is 17.3. The molecule has 0 spiro atoms. The van der Waals surface area contributed by atoms with E-state index in [1.54, 1.807) is 23.9 Å². The molecule has 0 radical (unpaired) electrons. The molecule has 4 rings (SSSR count). The van der Waals surface area contributed by atoms with Crippen molar-refractivity contribution in [1.82, 2.24) is 19.7 Å². The summed E-state index contributed by atoms with van der Waals surface area (Å²) in [7, 11) is 0. The van der Waals surface area contributed by atoms with Gasteiger partial charge in [-0.05, 0) is 42.8 Å². The molecule has 3 heterocycles. The maximum Gasteiger partial charge on any atom is 0.297 e. The van der Waals surface area contributed by atoms with Crippen LogP contribution in [0.25, 0.3) is 16.4 Å². The molecule has 0 saturated carbocycles. The zero-order valence-electron chi connectivity index (χ0n) is 14.8. The number of thioether (sulfide) groups is 1. The summed E-state index contributed by atoms with van der Waals surface area (Å²) in [5.41, 5.74) is 1.36. The summed E-state index contributed by atoms with van der Waals surface area (Å²) in [6.07, 6.45) is 1.96. The van der Waals surface area contributed by atoms with Gasteiger partial charge in [-0.2, -0.15) is 0 Å². The van der Waals surface area contributed by atoms with Gasteiger partial charge in [0, 0.05) is 0 Å². The van der Waals surface area contributed by atoms with E-state index in [9.17, 15) is 9.18 Å². The van der Waals surface area contributed by atoms with Gasteiger partial charge in [0.2, 0.25) is 5.82 Å². The van der Waals surface area contributed by atoms with Gasteiger partial charge in [0.1, 0.15) is 5.82 Å². The van der Waals surface area contributed by atoms with Crippen LogP contribution >= 0.6 is 34.4 Å². The summed E-state index contributed by atoms with van der Waals surface area (Å²) in [6, 6.07) is 9.77. The first-order valence-corrected chi connectivity index (χ1v) is 11.1. The minimum atomic E-state index is -0.464. The largest absolute Gasteiger partial charge is 0.297 e. The molecular formula is C18H14FN5OS3. The summed E-state index contributed by atoms with van der Waals surface area (Å²) in [5.74, 6) is -0.384. The highest BCUT2D eigenvalue weighted by Gasteiger charge is 2.21. The molecule has 0 unspecified atom stereocenters. The van der Waals surface area contributed by atoms with E-state index < -0.39 is 5.91 Å². The van der Waals surface area contributed by atoms with Crippen LogP contribution in [0.15, 0.2) is 46.0 Å². The highest BCUT2D eigenvalue weighted by molar-refractivity contribution is 8.00. The van der Waals surface area contributed by atoms with Crippen molar-refractivity contribution >= 4 is 45.5 Å². The Balaban J connectivity index is 1.71. The summed E-state index contributed by atoms with van der Waals surface area (Å²) >= 11 is 4.44. The smallest absolute Gasteiger partial charge is 0.295 e. The van der Waals surface area contributed by atoms with Gasteiger partial charge in [-0.15, -0.1) is 28.2 Å². The standard InChI is InChI=1S/C18H14FN5OS3/c1-10-17(26-2)28-18(20-10)22-16(25)14-21-15(13-7-4-8-27-13)24(23-14)12-6-3-5-11(19)9-12/h3-9H,1-2H3,(H,20,22,25). The lowest BCUT2D eigenvalue weighted by Crippen LogP contribution is -2.14. The van der Waals surface area contributed by atoms with Crippen LogP contribution in [-0.2, 0) is 0 Å². The molecule has 0 aliphatic rings. The maximum atomic E-state index is 13.7. The van der Waals surface area contributed by atoms with Crippen molar-refractivity contribution in [2.75, 3.05) is 11.6 Å². The van der Waals surface area contributed by atoms with E-state index in [1.165, 1.54) is 39.5 Å². The highest BCUT2D eigenvalue weighted by Crippen LogP contribution is 2.31. The number of amides is 1. The molecule has 0 saturated heterocycles. The van der Waals surface area contributed by atoms with Crippen LogP contribution in [0.1, 0.15) is 16.3 Å². The summed E-state index contributed by atoms with van der Waals surface area (Å²) in [4.78, 5) is 22.3. The Morgan fingerprint density at radius 2 is 2.11 bits per heavy atom. The van der Waals surface area contributed by atoms with Gasteiger partial charge < -0.3 is 0 Å². The molecular weight excluding hydrogens is 417 g/mol. The second-order valence-corrected chi connectivity index (χ2v) is 8.70. The minimum absolute atomic E-state index is 0.00813. The summed E-state index contributed by atoms with van der Waals surface area (Å²) in [6.45, 7) is 1.89. The maximum absolute atomic E-state index is 13.7. The number of anilines is 1. The topological polar surface area (TPSA) is 72.7 Å². The van der Waals surface area contributed by atoms with Crippen LogP contribution in [0.3, 0.4) is 0 Å². The third kappa shape index (κ3) is 3.71. The molecule has 6 nitrogen and oxygen atoms in total. The third-order valence-electron chi connectivity index (χ3n) is 3.76. The van der Waals surface area contributed by atoms with Crippen molar-refractivity contribution in [2.45, 2.75) is 11.1 Å². The van der Waals surface area contributed by atoms with Gasteiger partial charge >= 0.3 is 0 Å². The summed E-state index contributed by atoms with van der Waals surface area (Å²) < 4.78 is 16.2. The average molecular weight is 432 g/mol. The van der Waals surface area contributed by atoms with E-state index in [-0.39, 0.29) is 11.6 Å². The lowest BCUT2D eigenvalue weighted by atomic mass is 10.3. The number of hydrogen-bond donors (Lipinski definition) is 1. The Hall–Kier alpha value is -2.56. The Bertz CT molecular complexity index is 1140. The fourth-order valence-corrected chi connectivity index (χ4v) is 4.84. The van der Waals surface area contributed by atoms with Gasteiger partial charge in [0.25, 0.3) is 5.91 Å². The summed E-state index contributed by atoms with van der Waals surface area (Å²) in [5, 5.41) is 9.47. The van der Waals surface area contributed by atoms with Crippen LogP contribution < -0.4 is 5.32 Å². The van der Waals surface area contributed by atoms with Crippen LogP contribution in [0.4, 0.5) is 9.52 Å². The third-order valence-corrected chi connectivity index (χ3v) is 6.91. The molecule has 28 heavy (non-hydrogen) atoms. The van der Waals surface area contributed by atoms with Gasteiger partial charge in [-0.3, -0.25) is 10.1 Å².